The zero-order valence-corrected chi connectivity index (χ0v) is 10.5. The summed E-state index contributed by atoms with van der Waals surface area (Å²) in [5.41, 5.74) is 6.72. The van der Waals surface area contributed by atoms with Gasteiger partial charge in [-0.15, -0.1) is 0 Å². The topological polar surface area (TPSA) is 38.9 Å². The lowest BCUT2D eigenvalue weighted by Gasteiger charge is -2.10. The SMILES string of the molecule is C[C@@H](N)c1cccnc1Sc1ccc(F)c(F)c1. The molecule has 0 saturated carbocycles. The lowest BCUT2D eigenvalue weighted by Crippen LogP contribution is -2.07. The fourth-order valence-corrected chi connectivity index (χ4v) is 2.49. The summed E-state index contributed by atoms with van der Waals surface area (Å²) in [7, 11) is 0. The number of pyridine rings is 1. The second-order valence-electron chi connectivity index (χ2n) is 3.86. The van der Waals surface area contributed by atoms with E-state index in [0.29, 0.717) is 9.92 Å². The normalized spacial score (nSPS) is 12.4. The van der Waals surface area contributed by atoms with Gasteiger partial charge < -0.3 is 5.73 Å². The fourth-order valence-electron chi connectivity index (χ4n) is 1.49. The van der Waals surface area contributed by atoms with Crippen LogP contribution in [-0.4, -0.2) is 4.98 Å². The molecule has 0 aliphatic rings. The molecule has 5 heteroatoms. The standard InChI is InChI=1S/C13H12F2N2S/c1-8(16)10-3-2-6-17-13(10)18-9-4-5-11(14)12(15)7-9/h2-8H,16H2,1H3/t8-/m1/s1. The minimum absolute atomic E-state index is 0.161. The Labute approximate surface area is 108 Å². The minimum Gasteiger partial charge on any atom is -0.324 e. The Bertz CT molecular complexity index is 558. The Balaban J connectivity index is 2.31. The number of rotatable bonds is 3. The van der Waals surface area contributed by atoms with Crippen LogP contribution in [0.4, 0.5) is 8.78 Å². The van der Waals surface area contributed by atoms with Crippen LogP contribution in [-0.2, 0) is 0 Å². The molecule has 18 heavy (non-hydrogen) atoms. The second kappa shape index (κ2) is 5.46. The first-order valence-electron chi connectivity index (χ1n) is 5.41. The molecule has 1 heterocycles. The molecule has 2 nitrogen and oxygen atoms in total. The summed E-state index contributed by atoms with van der Waals surface area (Å²) >= 11 is 1.27. The molecule has 0 radical (unpaired) electrons. The van der Waals surface area contributed by atoms with Crippen LogP contribution >= 0.6 is 11.8 Å². The predicted octanol–water partition coefficient (Wildman–Crippen LogP) is 3.53. The Morgan fingerprint density at radius 1 is 1.22 bits per heavy atom. The highest BCUT2D eigenvalue weighted by atomic mass is 32.2. The highest BCUT2D eigenvalue weighted by Crippen LogP contribution is 2.31. The smallest absolute Gasteiger partial charge is 0.159 e. The Kier molecular flexibility index (Phi) is 3.93. The minimum atomic E-state index is -0.863. The molecular formula is C13H12F2N2S. The van der Waals surface area contributed by atoms with Crippen LogP contribution in [0.1, 0.15) is 18.5 Å². The van der Waals surface area contributed by atoms with Crippen LogP contribution in [0.15, 0.2) is 46.5 Å². The molecule has 0 aliphatic heterocycles. The molecule has 1 aromatic heterocycles. The molecule has 1 aromatic carbocycles. The Hall–Kier alpha value is -1.46. The summed E-state index contributed by atoms with van der Waals surface area (Å²) in [5, 5.41) is 0.707. The van der Waals surface area contributed by atoms with Gasteiger partial charge in [0.1, 0.15) is 5.03 Å². The molecule has 0 unspecified atom stereocenters. The van der Waals surface area contributed by atoms with Gasteiger partial charge >= 0.3 is 0 Å². The average molecular weight is 266 g/mol. The van der Waals surface area contributed by atoms with Crippen LogP contribution in [0.3, 0.4) is 0 Å². The number of aromatic nitrogens is 1. The van der Waals surface area contributed by atoms with Crippen molar-refractivity contribution in [2.45, 2.75) is 22.9 Å². The highest BCUT2D eigenvalue weighted by Gasteiger charge is 2.10. The largest absolute Gasteiger partial charge is 0.324 e. The van der Waals surface area contributed by atoms with Crippen LogP contribution < -0.4 is 5.73 Å². The number of nitrogens with zero attached hydrogens (tertiary/aromatic N) is 1. The highest BCUT2D eigenvalue weighted by molar-refractivity contribution is 7.99. The van der Waals surface area contributed by atoms with Gasteiger partial charge in [-0.3, -0.25) is 0 Å². The summed E-state index contributed by atoms with van der Waals surface area (Å²) in [6.07, 6.45) is 1.65. The summed E-state index contributed by atoms with van der Waals surface area (Å²) in [6, 6.07) is 7.29. The third-order valence-corrected chi connectivity index (χ3v) is 3.42. The van der Waals surface area contributed by atoms with Crippen molar-refractivity contribution < 1.29 is 8.78 Å². The molecule has 1 atom stereocenters. The molecule has 94 valence electrons. The predicted molar refractivity (Wildman–Crippen MR) is 67.3 cm³/mol. The third-order valence-electron chi connectivity index (χ3n) is 2.40. The molecule has 0 bridgehead atoms. The zero-order chi connectivity index (χ0) is 13.1. The molecule has 2 aromatic rings. The third kappa shape index (κ3) is 2.86. The van der Waals surface area contributed by atoms with E-state index in [4.69, 9.17) is 5.73 Å². The molecule has 0 amide bonds. The van der Waals surface area contributed by atoms with Gasteiger partial charge in [0.05, 0.1) is 0 Å². The quantitative estimate of drug-likeness (QED) is 0.923. The Morgan fingerprint density at radius 2 is 2.00 bits per heavy atom. The number of hydrogen-bond donors (Lipinski definition) is 1. The molecule has 2 rings (SSSR count). The summed E-state index contributed by atoms with van der Waals surface area (Å²) in [4.78, 5) is 4.81. The molecule has 0 fully saturated rings. The van der Waals surface area contributed by atoms with Crippen molar-refractivity contribution in [2.24, 2.45) is 5.73 Å². The second-order valence-corrected chi connectivity index (χ2v) is 4.93. The fraction of sp³-hybridized carbons (Fsp3) is 0.154. The zero-order valence-electron chi connectivity index (χ0n) is 9.73. The van der Waals surface area contributed by atoms with Gasteiger partial charge in [-0.05, 0) is 31.2 Å². The van der Waals surface area contributed by atoms with E-state index in [1.54, 1.807) is 12.3 Å². The molecule has 0 saturated heterocycles. The van der Waals surface area contributed by atoms with Crippen molar-refractivity contribution in [1.29, 1.82) is 0 Å². The van der Waals surface area contributed by atoms with Crippen molar-refractivity contribution in [2.75, 3.05) is 0 Å². The molecule has 0 aliphatic carbocycles. The molecule has 0 spiro atoms. The number of benzene rings is 1. The van der Waals surface area contributed by atoms with Gasteiger partial charge in [-0.1, -0.05) is 17.8 Å². The van der Waals surface area contributed by atoms with Crippen molar-refractivity contribution in [3.8, 4) is 0 Å². The molecule has 2 N–H and O–H groups in total. The van der Waals surface area contributed by atoms with Gasteiger partial charge in [0, 0.05) is 22.7 Å². The van der Waals surface area contributed by atoms with Crippen LogP contribution in [0.25, 0.3) is 0 Å². The first kappa shape index (κ1) is 13.0. The van der Waals surface area contributed by atoms with Gasteiger partial charge in [0.15, 0.2) is 11.6 Å². The maximum absolute atomic E-state index is 13.1. The van der Waals surface area contributed by atoms with E-state index in [-0.39, 0.29) is 6.04 Å². The van der Waals surface area contributed by atoms with E-state index in [1.807, 2.05) is 13.0 Å². The van der Waals surface area contributed by atoms with Crippen molar-refractivity contribution in [1.82, 2.24) is 4.98 Å². The number of nitrogens with two attached hydrogens (primary N) is 1. The van der Waals surface area contributed by atoms with E-state index in [0.717, 1.165) is 17.7 Å². The van der Waals surface area contributed by atoms with Gasteiger partial charge in [-0.2, -0.15) is 0 Å². The number of halogens is 2. The van der Waals surface area contributed by atoms with E-state index >= 15 is 0 Å². The van der Waals surface area contributed by atoms with Crippen LogP contribution in [0, 0.1) is 11.6 Å². The van der Waals surface area contributed by atoms with Gasteiger partial charge in [0.25, 0.3) is 0 Å². The van der Waals surface area contributed by atoms with E-state index in [1.165, 1.54) is 17.8 Å². The number of hydrogen-bond acceptors (Lipinski definition) is 3. The van der Waals surface area contributed by atoms with E-state index in [2.05, 4.69) is 4.98 Å². The Morgan fingerprint density at radius 3 is 2.67 bits per heavy atom. The first-order valence-corrected chi connectivity index (χ1v) is 6.23. The van der Waals surface area contributed by atoms with E-state index < -0.39 is 11.6 Å². The lowest BCUT2D eigenvalue weighted by atomic mass is 10.2. The first-order chi connectivity index (χ1) is 8.58. The lowest BCUT2D eigenvalue weighted by molar-refractivity contribution is 0.506. The molecular weight excluding hydrogens is 254 g/mol. The summed E-state index contributed by atoms with van der Waals surface area (Å²) in [5.74, 6) is -1.72. The van der Waals surface area contributed by atoms with Crippen molar-refractivity contribution in [3.05, 3.63) is 53.7 Å². The monoisotopic (exact) mass is 266 g/mol. The van der Waals surface area contributed by atoms with E-state index in [9.17, 15) is 8.78 Å². The maximum Gasteiger partial charge on any atom is 0.159 e. The average Bonchev–Trinajstić information content (AvgIpc) is 2.34. The van der Waals surface area contributed by atoms with Crippen molar-refractivity contribution >= 4 is 11.8 Å². The summed E-state index contributed by atoms with van der Waals surface area (Å²) in [6.45, 7) is 1.85. The summed E-state index contributed by atoms with van der Waals surface area (Å²) < 4.78 is 25.9. The van der Waals surface area contributed by atoms with Crippen LogP contribution in [0.2, 0.25) is 0 Å². The van der Waals surface area contributed by atoms with Gasteiger partial charge in [0.2, 0.25) is 0 Å². The van der Waals surface area contributed by atoms with Crippen LogP contribution in [0.5, 0.6) is 0 Å². The maximum atomic E-state index is 13.1. The van der Waals surface area contributed by atoms with Crippen molar-refractivity contribution in [3.63, 3.8) is 0 Å². The van der Waals surface area contributed by atoms with Gasteiger partial charge in [-0.25, -0.2) is 13.8 Å².